The molecule has 3 rings (SSSR count). The van der Waals surface area contributed by atoms with Crippen LogP contribution in [0.25, 0.3) is 0 Å². The Balaban J connectivity index is 1.64. The Kier molecular flexibility index (Phi) is 3.78. The first-order valence-electron chi connectivity index (χ1n) is 7.59. The summed E-state index contributed by atoms with van der Waals surface area (Å²) in [5.74, 6) is -0.392. The van der Waals surface area contributed by atoms with Gasteiger partial charge >= 0.3 is 5.97 Å². The van der Waals surface area contributed by atoms with E-state index in [9.17, 15) is 9.59 Å². The molecule has 114 valence electrons. The van der Waals surface area contributed by atoms with Crippen molar-refractivity contribution < 1.29 is 14.7 Å². The Morgan fingerprint density at radius 3 is 2.71 bits per heavy atom. The monoisotopic (exact) mass is 307 g/mol. The van der Waals surface area contributed by atoms with Crippen molar-refractivity contribution in [2.75, 3.05) is 0 Å². The maximum Gasteiger partial charge on any atom is 0.305 e. The van der Waals surface area contributed by atoms with Crippen molar-refractivity contribution in [3.05, 3.63) is 21.9 Å². The van der Waals surface area contributed by atoms with Gasteiger partial charge in [-0.3, -0.25) is 9.59 Å². The predicted octanol–water partition coefficient (Wildman–Crippen LogP) is 3.06. The number of amides is 1. The summed E-state index contributed by atoms with van der Waals surface area (Å²) in [6.07, 6.45) is 4.54. The van der Waals surface area contributed by atoms with Gasteiger partial charge in [-0.15, -0.1) is 11.3 Å². The first-order chi connectivity index (χ1) is 10.0. The Labute approximate surface area is 128 Å². The topological polar surface area (TPSA) is 66.4 Å². The van der Waals surface area contributed by atoms with E-state index in [0.29, 0.717) is 5.92 Å². The lowest BCUT2D eigenvalue weighted by Gasteiger charge is -2.28. The number of nitrogens with one attached hydrogen (secondary N) is 1. The average Bonchev–Trinajstić information content (AvgIpc) is 2.89. The summed E-state index contributed by atoms with van der Waals surface area (Å²) in [5.41, 5.74) is 0.766. The van der Waals surface area contributed by atoms with Crippen molar-refractivity contribution in [1.29, 1.82) is 0 Å². The molecule has 2 saturated carbocycles. The second-order valence-electron chi connectivity index (χ2n) is 6.46. The highest BCUT2D eigenvalue weighted by Crippen LogP contribution is 2.51. The smallest absolute Gasteiger partial charge is 0.305 e. The molecule has 2 unspecified atom stereocenters. The third-order valence-electron chi connectivity index (χ3n) is 4.80. The fraction of sp³-hybridized carbons (Fsp3) is 0.625. The van der Waals surface area contributed by atoms with Gasteiger partial charge in [0.2, 0.25) is 5.91 Å². The molecule has 1 aromatic rings. The average molecular weight is 307 g/mol. The third kappa shape index (κ3) is 2.98. The van der Waals surface area contributed by atoms with Crippen molar-refractivity contribution in [3.8, 4) is 0 Å². The van der Waals surface area contributed by atoms with Crippen LogP contribution in [0, 0.1) is 12.8 Å². The van der Waals surface area contributed by atoms with E-state index in [0.717, 1.165) is 32.1 Å². The second kappa shape index (κ2) is 5.44. The molecular weight excluding hydrogens is 286 g/mol. The number of carbonyl (C=O) groups excluding carboxylic acids is 1. The summed E-state index contributed by atoms with van der Waals surface area (Å²) in [6, 6.07) is 2.09. The molecular formula is C16H21NO3S. The zero-order valence-corrected chi connectivity index (χ0v) is 13.0. The zero-order valence-electron chi connectivity index (χ0n) is 12.2. The van der Waals surface area contributed by atoms with Gasteiger partial charge in [-0.1, -0.05) is 12.8 Å². The van der Waals surface area contributed by atoms with Gasteiger partial charge in [-0.05, 0) is 43.2 Å². The van der Waals surface area contributed by atoms with Gasteiger partial charge in [-0.2, -0.15) is 0 Å². The van der Waals surface area contributed by atoms with Crippen LogP contribution < -0.4 is 5.32 Å². The van der Waals surface area contributed by atoms with E-state index in [1.807, 2.05) is 0 Å². The molecule has 4 nitrogen and oxygen atoms in total. The number of hydrogen-bond donors (Lipinski definition) is 2. The van der Waals surface area contributed by atoms with Crippen molar-refractivity contribution in [1.82, 2.24) is 5.32 Å². The number of aliphatic carboxylic acids is 1. The van der Waals surface area contributed by atoms with Crippen LogP contribution in [0.3, 0.4) is 0 Å². The summed E-state index contributed by atoms with van der Waals surface area (Å²) in [6.45, 7) is 2.09. The van der Waals surface area contributed by atoms with Crippen molar-refractivity contribution in [2.24, 2.45) is 5.92 Å². The van der Waals surface area contributed by atoms with Crippen LogP contribution in [-0.4, -0.2) is 22.5 Å². The molecule has 2 aliphatic rings. The molecule has 0 saturated heterocycles. The van der Waals surface area contributed by atoms with Gasteiger partial charge in [0.1, 0.15) is 0 Å². The van der Waals surface area contributed by atoms with Crippen LogP contribution in [0.2, 0.25) is 0 Å². The van der Waals surface area contributed by atoms with Crippen molar-refractivity contribution in [2.45, 2.75) is 56.9 Å². The highest BCUT2D eigenvalue weighted by molar-refractivity contribution is 7.10. The summed E-state index contributed by atoms with van der Waals surface area (Å²) < 4.78 is 0. The van der Waals surface area contributed by atoms with Crippen LogP contribution in [0.5, 0.6) is 0 Å². The molecule has 1 heterocycles. The van der Waals surface area contributed by atoms with Crippen molar-refractivity contribution in [3.63, 3.8) is 0 Å². The Bertz CT molecular complexity index is 560. The van der Waals surface area contributed by atoms with Gasteiger partial charge in [0, 0.05) is 16.7 Å². The normalized spacial score (nSPS) is 26.5. The number of aryl methyl sites for hydroxylation is 1. The lowest BCUT2D eigenvalue weighted by atomic mass is 9.93. The summed E-state index contributed by atoms with van der Waals surface area (Å²) in [5, 5.41) is 14.2. The van der Waals surface area contributed by atoms with Crippen LogP contribution in [0.15, 0.2) is 11.4 Å². The zero-order chi connectivity index (χ0) is 15.0. The highest BCUT2D eigenvalue weighted by Gasteiger charge is 2.48. The summed E-state index contributed by atoms with van der Waals surface area (Å²) in [7, 11) is 0. The Morgan fingerprint density at radius 2 is 2.14 bits per heavy atom. The first kappa shape index (κ1) is 14.6. The molecule has 2 N–H and O–H groups in total. The molecule has 21 heavy (non-hydrogen) atoms. The number of hydrogen-bond acceptors (Lipinski definition) is 3. The van der Waals surface area contributed by atoms with Gasteiger partial charge in [0.25, 0.3) is 0 Å². The van der Waals surface area contributed by atoms with E-state index in [4.69, 9.17) is 5.11 Å². The maximum absolute atomic E-state index is 12.5. The number of carbonyl (C=O) groups is 2. The Morgan fingerprint density at radius 1 is 1.43 bits per heavy atom. The minimum atomic E-state index is -0.821. The van der Waals surface area contributed by atoms with Crippen LogP contribution in [0.1, 0.15) is 54.9 Å². The molecule has 1 amide bonds. The Hall–Kier alpha value is -1.36. The van der Waals surface area contributed by atoms with Gasteiger partial charge in [-0.25, -0.2) is 0 Å². The summed E-state index contributed by atoms with van der Waals surface area (Å²) in [4.78, 5) is 24.9. The molecule has 1 aromatic heterocycles. The predicted molar refractivity (Wildman–Crippen MR) is 81.5 cm³/mol. The number of carboxylic acid groups (broad SMARTS) is 1. The van der Waals surface area contributed by atoms with E-state index in [1.165, 1.54) is 10.4 Å². The first-order valence-corrected chi connectivity index (χ1v) is 8.46. The highest BCUT2D eigenvalue weighted by atomic mass is 32.1. The number of thiophene rings is 1. The van der Waals surface area contributed by atoms with Gasteiger partial charge in [0.15, 0.2) is 0 Å². The fourth-order valence-corrected chi connectivity index (χ4v) is 4.69. The quantitative estimate of drug-likeness (QED) is 0.878. The van der Waals surface area contributed by atoms with E-state index < -0.39 is 11.5 Å². The van der Waals surface area contributed by atoms with Crippen LogP contribution >= 0.6 is 11.3 Å². The molecule has 0 radical (unpaired) electrons. The van der Waals surface area contributed by atoms with Gasteiger partial charge in [0.05, 0.1) is 12.0 Å². The van der Waals surface area contributed by atoms with Crippen molar-refractivity contribution >= 4 is 23.2 Å². The number of rotatable bonds is 5. The molecule has 2 atom stereocenters. The molecule has 2 aliphatic carbocycles. The molecule has 0 bridgehead atoms. The van der Waals surface area contributed by atoms with E-state index >= 15 is 0 Å². The van der Waals surface area contributed by atoms with E-state index in [1.54, 1.807) is 11.3 Å². The number of carboxylic acids is 1. The molecule has 5 heteroatoms. The van der Waals surface area contributed by atoms with Crippen LogP contribution in [-0.2, 0) is 9.59 Å². The molecule has 0 aromatic carbocycles. The van der Waals surface area contributed by atoms with E-state index in [2.05, 4.69) is 23.7 Å². The third-order valence-corrected chi connectivity index (χ3v) is 5.96. The molecule has 2 fully saturated rings. The molecule has 0 aliphatic heterocycles. The lowest BCUT2D eigenvalue weighted by Crippen LogP contribution is -2.48. The minimum absolute atomic E-state index is 0.0358. The maximum atomic E-state index is 12.5. The minimum Gasteiger partial charge on any atom is -0.481 e. The SMILES string of the molecule is Cc1ccsc1C1CC1C(=O)NC1(CC(=O)O)CCCC1. The summed E-state index contributed by atoms with van der Waals surface area (Å²) >= 11 is 1.72. The molecule has 0 spiro atoms. The standard InChI is InChI=1S/C16H21NO3S/c1-10-4-7-21-14(10)11-8-12(11)15(20)17-16(9-13(18)19)5-2-3-6-16/h4,7,11-12H,2-3,5-6,8-9H2,1H3,(H,17,20)(H,18,19). The van der Waals surface area contributed by atoms with Crippen LogP contribution in [0.4, 0.5) is 0 Å². The second-order valence-corrected chi connectivity index (χ2v) is 7.41. The largest absolute Gasteiger partial charge is 0.481 e. The van der Waals surface area contributed by atoms with Gasteiger partial charge < -0.3 is 10.4 Å². The van der Waals surface area contributed by atoms with E-state index in [-0.39, 0.29) is 18.2 Å². The lowest BCUT2D eigenvalue weighted by molar-refractivity contribution is -0.139. The fourth-order valence-electron chi connectivity index (χ4n) is 3.58.